The van der Waals surface area contributed by atoms with Crippen LogP contribution in [0.3, 0.4) is 0 Å². The Kier molecular flexibility index (Phi) is 4.57. The first-order chi connectivity index (χ1) is 11.5. The van der Waals surface area contributed by atoms with Crippen molar-refractivity contribution in [3.05, 3.63) is 71.0 Å². The number of halogens is 3. The fourth-order valence-corrected chi connectivity index (χ4v) is 3.28. The van der Waals surface area contributed by atoms with Gasteiger partial charge in [-0.25, -0.2) is 13.2 Å². The summed E-state index contributed by atoms with van der Waals surface area (Å²) in [6.07, 6.45) is 1.12. The molecule has 2 unspecified atom stereocenters. The second-order valence-corrected chi connectivity index (χ2v) is 5.85. The van der Waals surface area contributed by atoms with E-state index in [1.807, 2.05) is 0 Å². The number of hydrogen-bond donors (Lipinski definition) is 1. The van der Waals surface area contributed by atoms with Crippen LogP contribution in [0.15, 0.2) is 42.5 Å². The topological polar surface area (TPSA) is 40.5 Å². The van der Waals surface area contributed by atoms with Crippen LogP contribution in [0.2, 0.25) is 0 Å². The Hall–Kier alpha value is -2.34. The Balaban J connectivity index is 2.10. The van der Waals surface area contributed by atoms with E-state index >= 15 is 0 Å². The van der Waals surface area contributed by atoms with Crippen molar-refractivity contribution >= 4 is 5.97 Å². The molecule has 1 aliphatic heterocycles. The predicted octanol–water partition coefficient (Wildman–Crippen LogP) is 3.74. The summed E-state index contributed by atoms with van der Waals surface area (Å²) in [5, 5.41) is 9.43. The molecule has 6 heteroatoms. The van der Waals surface area contributed by atoms with Crippen LogP contribution in [0.4, 0.5) is 13.2 Å². The minimum atomic E-state index is -0.984. The first-order valence-electron chi connectivity index (χ1n) is 7.66. The van der Waals surface area contributed by atoms with Crippen LogP contribution in [0, 0.1) is 17.5 Å². The van der Waals surface area contributed by atoms with Gasteiger partial charge in [0.25, 0.3) is 0 Å². The summed E-state index contributed by atoms with van der Waals surface area (Å²) in [4.78, 5) is 13.2. The quantitative estimate of drug-likeness (QED) is 0.925. The highest BCUT2D eigenvalue weighted by atomic mass is 19.1. The van der Waals surface area contributed by atoms with Crippen LogP contribution >= 0.6 is 0 Å². The number of rotatable bonds is 4. The molecule has 0 bridgehead atoms. The first kappa shape index (κ1) is 16.5. The van der Waals surface area contributed by atoms with Crippen molar-refractivity contribution in [2.45, 2.75) is 24.9 Å². The van der Waals surface area contributed by atoms with Crippen molar-refractivity contribution in [3.8, 4) is 0 Å². The molecule has 2 atom stereocenters. The molecule has 0 aliphatic carbocycles. The molecular weight excluding hydrogens is 319 g/mol. The lowest BCUT2D eigenvalue weighted by Crippen LogP contribution is -2.39. The van der Waals surface area contributed by atoms with Gasteiger partial charge in [0.05, 0.1) is 6.04 Å². The molecular formula is C18H16F3NO2. The van der Waals surface area contributed by atoms with Gasteiger partial charge in [0.15, 0.2) is 0 Å². The number of likely N-dealkylation sites (tertiary alicyclic amines) is 1. The van der Waals surface area contributed by atoms with E-state index in [4.69, 9.17) is 0 Å². The van der Waals surface area contributed by atoms with Gasteiger partial charge < -0.3 is 5.11 Å². The van der Waals surface area contributed by atoms with Crippen molar-refractivity contribution in [1.82, 2.24) is 4.90 Å². The fourth-order valence-electron chi connectivity index (χ4n) is 3.28. The molecule has 2 aromatic carbocycles. The summed E-state index contributed by atoms with van der Waals surface area (Å²) in [6, 6.07) is 7.25. The van der Waals surface area contributed by atoms with E-state index in [0.717, 1.165) is 12.1 Å². The van der Waals surface area contributed by atoms with Crippen LogP contribution in [0.1, 0.15) is 30.0 Å². The summed E-state index contributed by atoms with van der Waals surface area (Å²) in [6.45, 7) is 0.468. The summed E-state index contributed by atoms with van der Waals surface area (Å²) < 4.78 is 40.8. The average molecular weight is 335 g/mol. The number of carboxylic acids is 1. The van der Waals surface area contributed by atoms with Crippen molar-refractivity contribution in [3.63, 3.8) is 0 Å². The zero-order valence-corrected chi connectivity index (χ0v) is 12.8. The van der Waals surface area contributed by atoms with Crippen molar-refractivity contribution in [2.24, 2.45) is 0 Å². The number of carbonyl (C=O) groups is 1. The summed E-state index contributed by atoms with van der Waals surface area (Å²) in [5.41, 5.74) is 0.742. The summed E-state index contributed by atoms with van der Waals surface area (Å²) in [7, 11) is 0. The fraction of sp³-hybridized carbons (Fsp3) is 0.278. The van der Waals surface area contributed by atoms with E-state index in [2.05, 4.69) is 0 Å². The minimum absolute atomic E-state index is 0.177. The third-order valence-electron chi connectivity index (χ3n) is 4.35. The lowest BCUT2D eigenvalue weighted by molar-refractivity contribution is -0.142. The highest BCUT2D eigenvalue weighted by molar-refractivity contribution is 5.74. The van der Waals surface area contributed by atoms with Crippen molar-refractivity contribution < 1.29 is 23.1 Å². The molecule has 0 aromatic heterocycles. The van der Waals surface area contributed by atoms with Crippen LogP contribution in [-0.2, 0) is 4.79 Å². The standard InChI is InChI=1S/C18H16F3NO2/c19-12-5-3-11(4-6-12)17(14-8-7-13(20)10-15(14)21)22-9-1-2-16(22)18(23)24/h3-8,10,16-17H,1-2,9H2,(H,23,24). The van der Waals surface area contributed by atoms with Crippen LogP contribution in [-0.4, -0.2) is 28.6 Å². The number of nitrogens with zero attached hydrogens (tertiary/aromatic N) is 1. The molecule has 0 spiro atoms. The van der Waals surface area contributed by atoms with Gasteiger partial charge in [-0.15, -0.1) is 0 Å². The van der Waals surface area contributed by atoms with Crippen molar-refractivity contribution in [2.75, 3.05) is 6.54 Å². The number of hydrogen-bond acceptors (Lipinski definition) is 2. The molecule has 3 nitrogen and oxygen atoms in total. The van der Waals surface area contributed by atoms with Gasteiger partial charge in [-0.1, -0.05) is 18.2 Å². The maximum atomic E-state index is 14.4. The Bertz CT molecular complexity index is 748. The van der Waals surface area contributed by atoms with E-state index in [1.54, 1.807) is 4.90 Å². The molecule has 0 saturated carbocycles. The zero-order chi connectivity index (χ0) is 17.3. The van der Waals surface area contributed by atoms with Crippen LogP contribution in [0.5, 0.6) is 0 Å². The Morgan fingerprint density at radius 1 is 1.08 bits per heavy atom. The number of carboxylic acid groups (broad SMARTS) is 1. The van der Waals surface area contributed by atoms with Gasteiger partial charge in [-0.05, 0) is 36.6 Å². The van der Waals surface area contributed by atoms with Crippen LogP contribution in [0.25, 0.3) is 0 Å². The number of aliphatic carboxylic acids is 1. The Morgan fingerprint density at radius 2 is 1.75 bits per heavy atom. The maximum Gasteiger partial charge on any atom is 0.320 e. The Morgan fingerprint density at radius 3 is 2.38 bits per heavy atom. The number of benzene rings is 2. The average Bonchev–Trinajstić information content (AvgIpc) is 3.01. The molecule has 1 saturated heterocycles. The molecule has 0 radical (unpaired) electrons. The van der Waals surface area contributed by atoms with Gasteiger partial charge in [0, 0.05) is 18.2 Å². The van der Waals surface area contributed by atoms with E-state index in [0.29, 0.717) is 24.9 Å². The molecule has 0 amide bonds. The van der Waals surface area contributed by atoms with E-state index in [1.165, 1.54) is 30.3 Å². The normalized spacial score (nSPS) is 19.4. The smallest absolute Gasteiger partial charge is 0.320 e. The molecule has 2 aromatic rings. The third kappa shape index (κ3) is 3.14. The van der Waals surface area contributed by atoms with Gasteiger partial charge in [-0.3, -0.25) is 9.69 Å². The molecule has 3 rings (SSSR count). The van der Waals surface area contributed by atoms with Gasteiger partial charge >= 0.3 is 5.97 Å². The van der Waals surface area contributed by atoms with Gasteiger partial charge in [0.2, 0.25) is 0 Å². The predicted molar refractivity (Wildman–Crippen MR) is 82.0 cm³/mol. The van der Waals surface area contributed by atoms with Gasteiger partial charge in [-0.2, -0.15) is 0 Å². The molecule has 1 N–H and O–H groups in total. The molecule has 126 valence electrons. The second-order valence-electron chi connectivity index (χ2n) is 5.85. The van der Waals surface area contributed by atoms with E-state index < -0.39 is 35.5 Å². The molecule has 1 aliphatic rings. The molecule has 24 heavy (non-hydrogen) atoms. The third-order valence-corrected chi connectivity index (χ3v) is 4.35. The first-order valence-corrected chi connectivity index (χ1v) is 7.66. The van der Waals surface area contributed by atoms with Gasteiger partial charge in [0.1, 0.15) is 23.5 Å². The van der Waals surface area contributed by atoms with Crippen LogP contribution < -0.4 is 0 Å². The Labute approximate surface area is 137 Å². The summed E-state index contributed by atoms with van der Waals surface area (Å²) >= 11 is 0. The lowest BCUT2D eigenvalue weighted by atomic mass is 9.95. The SMILES string of the molecule is O=C(O)C1CCCN1C(c1ccc(F)cc1)c1ccc(F)cc1F. The monoisotopic (exact) mass is 335 g/mol. The highest BCUT2D eigenvalue weighted by Crippen LogP contribution is 2.36. The second kappa shape index (κ2) is 6.65. The molecule has 1 fully saturated rings. The van der Waals surface area contributed by atoms with E-state index in [-0.39, 0.29) is 5.56 Å². The highest BCUT2D eigenvalue weighted by Gasteiger charge is 2.37. The minimum Gasteiger partial charge on any atom is -0.480 e. The zero-order valence-electron chi connectivity index (χ0n) is 12.8. The van der Waals surface area contributed by atoms with E-state index in [9.17, 15) is 23.1 Å². The molecule has 1 heterocycles. The van der Waals surface area contributed by atoms with Crippen molar-refractivity contribution in [1.29, 1.82) is 0 Å². The largest absolute Gasteiger partial charge is 0.480 e. The summed E-state index contributed by atoms with van der Waals surface area (Å²) in [5.74, 6) is -2.87. The maximum absolute atomic E-state index is 14.4. The lowest BCUT2D eigenvalue weighted by Gasteiger charge is -2.32.